The topological polar surface area (TPSA) is 96.2 Å². The van der Waals surface area contributed by atoms with Crippen molar-refractivity contribution in [2.75, 3.05) is 31.1 Å². The number of hydrogen-bond donors (Lipinski definition) is 1. The molecule has 2 aromatic heterocycles. The molecule has 0 atom stereocenters. The van der Waals surface area contributed by atoms with Crippen LogP contribution in [0.3, 0.4) is 0 Å². The van der Waals surface area contributed by atoms with Crippen molar-refractivity contribution in [3.8, 4) is 0 Å². The Labute approximate surface area is 195 Å². The smallest absolute Gasteiger partial charge is 0.329 e. The molecule has 1 amide bonds. The summed E-state index contributed by atoms with van der Waals surface area (Å²) in [5.74, 6) is 0.629. The minimum atomic E-state index is -0.497. The lowest BCUT2D eigenvalue weighted by Crippen LogP contribution is -2.49. The number of rotatable bonds is 4. The van der Waals surface area contributed by atoms with Crippen LogP contribution in [0.2, 0.25) is 0 Å². The number of H-pyrrole nitrogens is 1. The zero-order chi connectivity index (χ0) is 23.8. The van der Waals surface area contributed by atoms with E-state index in [1.165, 1.54) is 4.57 Å². The highest BCUT2D eigenvalue weighted by atomic mass is 16.2. The highest BCUT2D eigenvalue weighted by Crippen LogP contribution is 2.23. The monoisotopic (exact) mass is 458 g/mol. The van der Waals surface area contributed by atoms with Crippen molar-refractivity contribution in [3.63, 3.8) is 0 Å². The predicted molar refractivity (Wildman–Crippen MR) is 130 cm³/mol. The molecule has 9 heteroatoms. The van der Waals surface area contributed by atoms with E-state index >= 15 is 0 Å². The molecule has 174 valence electrons. The average Bonchev–Trinajstić information content (AvgIpc) is 3.24. The van der Waals surface area contributed by atoms with Crippen molar-refractivity contribution in [1.29, 1.82) is 0 Å². The number of hydrogen-bond acceptors (Lipinski definition) is 5. The maximum absolute atomic E-state index is 12.9. The highest BCUT2D eigenvalue weighted by molar-refractivity contribution is 5.94. The van der Waals surface area contributed by atoms with E-state index in [1.807, 2.05) is 71.0 Å². The lowest BCUT2D eigenvalue weighted by molar-refractivity contribution is 0.0746. The number of carbonyl (C=O) groups is 1. The van der Waals surface area contributed by atoms with E-state index < -0.39 is 11.2 Å². The Bertz CT molecular complexity index is 1480. The van der Waals surface area contributed by atoms with E-state index in [9.17, 15) is 14.4 Å². The molecule has 34 heavy (non-hydrogen) atoms. The maximum Gasteiger partial charge on any atom is 0.329 e. The van der Waals surface area contributed by atoms with E-state index in [2.05, 4.69) is 9.88 Å². The fraction of sp³-hybridized carbons (Fsp3) is 0.280. The van der Waals surface area contributed by atoms with Gasteiger partial charge >= 0.3 is 5.69 Å². The number of aryl methyl sites for hydroxylation is 2. The first-order valence-electron chi connectivity index (χ1n) is 11.3. The summed E-state index contributed by atoms with van der Waals surface area (Å²) in [6.07, 6.45) is 0. The van der Waals surface area contributed by atoms with Crippen LogP contribution in [-0.2, 0) is 13.6 Å². The number of aromatic nitrogens is 4. The Balaban J connectivity index is 1.51. The Hall–Kier alpha value is -4.14. The number of anilines is 1. The molecule has 2 aromatic carbocycles. The molecule has 1 N–H and O–H groups in total. The lowest BCUT2D eigenvalue weighted by atomic mass is 10.1. The number of benzene rings is 2. The largest absolute Gasteiger partial charge is 0.339 e. The standard InChI is InChI=1S/C25H26N6O3/c1-17-8-6-7-11-19(17)16-31-20-21(28(2)25(34)27-22(20)32)26-24(31)30-14-12-29(13-15-30)23(33)18-9-4-3-5-10-18/h3-11H,12-16H2,1-2H3,(H,27,32,34). The number of imidazole rings is 1. The number of aromatic amines is 1. The van der Waals surface area contributed by atoms with Gasteiger partial charge in [-0.2, -0.15) is 4.98 Å². The van der Waals surface area contributed by atoms with Crippen molar-refractivity contribution >= 4 is 23.0 Å². The molecule has 0 saturated carbocycles. The van der Waals surface area contributed by atoms with E-state index in [0.29, 0.717) is 55.4 Å². The molecule has 1 saturated heterocycles. The number of nitrogens with zero attached hydrogens (tertiary/aromatic N) is 5. The maximum atomic E-state index is 12.9. The van der Waals surface area contributed by atoms with Crippen LogP contribution in [0.5, 0.6) is 0 Å². The first-order valence-corrected chi connectivity index (χ1v) is 11.3. The van der Waals surface area contributed by atoms with Crippen LogP contribution in [0.15, 0.2) is 64.2 Å². The van der Waals surface area contributed by atoms with Crippen LogP contribution >= 0.6 is 0 Å². The highest BCUT2D eigenvalue weighted by Gasteiger charge is 2.27. The number of carbonyl (C=O) groups excluding carboxylic acids is 1. The third kappa shape index (κ3) is 3.79. The molecular weight excluding hydrogens is 432 g/mol. The van der Waals surface area contributed by atoms with Gasteiger partial charge in [-0.1, -0.05) is 42.5 Å². The summed E-state index contributed by atoms with van der Waals surface area (Å²) in [5.41, 5.74) is 2.60. The second kappa shape index (κ2) is 8.66. The molecule has 0 unspecified atom stereocenters. The van der Waals surface area contributed by atoms with Gasteiger partial charge in [0.25, 0.3) is 11.5 Å². The average molecular weight is 459 g/mol. The SMILES string of the molecule is Cc1ccccc1Cn1c(N2CCN(C(=O)c3ccccc3)CC2)nc2c1c(=O)[nH]c(=O)n2C. The summed E-state index contributed by atoms with van der Waals surface area (Å²) in [7, 11) is 1.60. The Morgan fingerprint density at radius 3 is 2.35 bits per heavy atom. The summed E-state index contributed by atoms with van der Waals surface area (Å²) < 4.78 is 3.24. The quantitative estimate of drug-likeness (QED) is 0.503. The van der Waals surface area contributed by atoms with Gasteiger partial charge in [0, 0.05) is 38.8 Å². The van der Waals surface area contributed by atoms with Crippen LogP contribution in [0, 0.1) is 6.92 Å². The van der Waals surface area contributed by atoms with E-state index in [1.54, 1.807) is 7.05 Å². The predicted octanol–water partition coefficient (Wildman–Crippen LogP) is 1.74. The van der Waals surface area contributed by atoms with Crippen LogP contribution in [-0.4, -0.2) is 56.1 Å². The third-order valence-corrected chi connectivity index (χ3v) is 6.45. The first-order chi connectivity index (χ1) is 16.4. The van der Waals surface area contributed by atoms with Gasteiger partial charge < -0.3 is 9.80 Å². The molecule has 1 fully saturated rings. The summed E-state index contributed by atoms with van der Waals surface area (Å²) in [5, 5.41) is 0. The molecule has 9 nitrogen and oxygen atoms in total. The normalized spacial score (nSPS) is 14.1. The Morgan fingerprint density at radius 1 is 0.971 bits per heavy atom. The van der Waals surface area contributed by atoms with E-state index in [-0.39, 0.29) is 5.91 Å². The van der Waals surface area contributed by atoms with Gasteiger partial charge in [0.2, 0.25) is 5.95 Å². The Morgan fingerprint density at radius 2 is 1.65 bits per heavy atom. The summed E-state index contributed by atoms with van der Waals surface area (Å²) >= 11 is 0. The van der Waals surface area contributed by atoms with Crippen LogP contribution in [0.1, 0.15) is 21.5 Å². The van der Waals surface area contributed by atoms with Crippen LogP contribution in [0.4, 0.5) is 5.95 Å². The molecule has 1 aliphatic heterocycles. The van der Waals surface area contributed by atoms with Gasteiger partial charge in [-0.3, -0.25) is 23.7 Å². The zero-order valence-corrected chi connectivity index (χ0v) is 19.2. The fourth-order valence-electron chi connectivity index (χ4n) is 4.44. The molecular formula is C25H26N6O3. The molecule has 0 bridgehead atoms. The summed E-state index contributed by atoms with van der Waals surface area (Å²) in [4.78, 5) is 49.0. The summed E-state index contributed by atoms with van der Waals surface area (Å²) in [6, 6.07) is 17.3. The molecule has 0 aliphatic carbocycles. The van der Waals surface area contributed by atoms with Crippen LogP contribution < -0.4 is 16.1 Å². The molecule has 4 aromatic rings. The summed E-state index contributed by atoms with van der Waals surface area (Å²) in [6.45, 7) is 4.70. The molecule has 0 spiro atoms. The molecule has 3 heterocycles. The van der Waals surface area contributed by atoms with Crippen LogP contribution in [0.25, 0.3) is 11.2 Å². The van der Waals surface area contributed by atoms with Crippen molar-refractivity contribution < 1.29 is 4.79 Å². The number of piperazine rings is 1. The van der Waals surface area contributed by atoms with E-state index in [4.69, 9.17) is 4.98 Å². The number of amides is 1. The van der Waals surface area contributed by atoms with Gasteiger partial charge in [0.1, 0.15) is 0 Å². The molecule has 0 radical (unpaired) electrons. The first kappa shape index (κ1) is 21.7. The van der Waals surface area contributed by atoms with Crippen molar-refractivity contribution in [2.45, 2.75) is 13.5 Å². The van der Waals surface area contributed by atoms with Crippen molar-refractivity contribution in [2.24, 2.45) is 7.05 Å². The number of nitrogens with one attached hydrogen (secondary N) is 1. The van der Waals surface area contributed by atoms with Gasteiger partial charge in [-0.05, 0) is 30.2 Å². The second-order valence-electron chi connectivity index (χ2n) is 8.56. The molecule has 5 rings (SSSR count). The minimum Gasteiger partial charge on any atom is -0.339 e. The number of fused-ring (bicyclic) bond motifs is 1. The van der Waals surface area contributed by atoms with Crippen molar-refractivity contribution in [3.05, 3.63) is 92.1 Å². The minimum absolute atomic E-state index is 0.00695. The van der Waals surface area contributed by atoms with Gasteiger partial charge in [0.05, 0.1) is 6.54 Å². The van der Waals surface area contributed by atoms with E-state index in [0.717, 1.165) is 11.1 Å². The second-order valence-corrected chi connectivity index (χ2v) is 8.56. The fourth-order valence-corrected chi connectivity index (χ4v) is 4.44. The third-order valence-electron chi connectivity index (χ3n) is 6.45. The molecule has 1 aliphatic rings. The Kier molecular flexibility index (Phi) is 5.53. The van der Waals surface area contributed by atoms with Gasteiger partial charge in [-0.25, -0.2) is 4.79 Å². The lowest BCUT2D eigenvalue weighted by Gasteiger charge is -2.35. The van der Waals surface area contributed by atoms with Gasteiger partial charge in [-0.15, -0.1) is 0 Å². The van der Waals surface area contributed by atoms with Gasteiger partial charge in [0.15, 0.2) is 11.2 Å². The van der Waals surface area contributed by atoms with Crippen molar-refractivity contribution in [1.82, 2.24) is 24.0 Å². The zero-order valence-electron chi connectivity index (χ0n) is 19.2.